The molecule has 10 heteroatoms. The van der Waals surface area contributed by atoms with Crippen LogP contribution >= 0.6 is 0 Å². The maximum absolute atomic E-state index is 12.3. The van der Waals surface area contributed by atoms with Gasteiger partial charge in [-0.2, -0.15) is 0 Å². The summed E-state index contributed by atoms with van der Waals surface area (Å²) in [7, 11) is 2.56. The van der Waals surface area contributed by atoms with Crippen LogP contribution in [-0.4, -0.2) is 83.0 Å². The van der Waals surface area contributed by atoms with Crippen molar-refractivity contribution in [2.75, 3.05) is 20.8 Å². The molecule has 1 aromatic carbocycles. The number of benzene rings is 1. The van der Waals surface area contributed by atoms with Crippen LogP contribution in [0.25, 0.3) is 0 Å². The van der Waals surface area contributed by atoms with Crippen molar-refractivity contribution in [1.82, 2.24) is 0 Å². The predicted octanol–water partition coefficient (Wildman–Crippen LogP) is -1.63. The van der Waals surface area contributed by atoms with E-state index < -0.39 is 43.3 Å². The molecule has 0 radical (unpaired) electrons. The number of phenols is 1. The number of hydrogen-bond donors (Lipinski definition) is 5. The van der Waals surface area contributed by atoms with Crippen molar-refractivity contribution in [3.63, 3.8) is 0 Å². The number of aliphatic hydroxyl groups is 4. The Kier molecular flexibility index (Phi) is 6.03. The van der Waals surface area contributed by atoms with Gasteiger partial charge in [-0.25, -0.2) is 4.79 Å². The zero-order chi connectivity index (χ0) is 18.7. The maximum Gasteiger partial charge on any atom is 0.340 e. The second-order valence-electron chi connectivity index (χ2n) is 5.33. The predicted molar refractivity (Wildman–Crippen MR) is 80.4 cm³/mol. The Morgan fingerprint density at radius 2 is 1.64 bits per heavy atom. The molecular weight excluding hydrogens is 340 g/mol. The molecule has 140 valence electrons. The van der Waals surface area contributed by atoms with E-state index in [9.17, 15) is 25.2 Å². The van der Waals surface area contributed by atoms with E-state index in [0.717, 1.165) is 0 Å². The highest BCUT2D eigenvalue weighted by Crippen LogP contribution is 2.37. The summed E-state index contributed by atoms with van der Waals surface area (Å²) in [5.41, 5.74) is -0.0801. The number of carbonyl (C=O) groups excluding carboxylic acids is 1. The van der Waals surface area contributed by atoms with Gasteiger partial charge in [0.1, 0.15) is 24.4 Å². The van der Waals surface area contributed by atoms with Crippen molar-refractivity contribution in [2.45, 2.75) is 30.7 Å². The van der Waals surface area contributed by atoms with E-state index >= 15 is 0 Å². The SMILES string of the molecule is COc1cc(C(=O)OC2OC(CO)C(O)C(O)C2O)cc(OC)c1O. The van der Waals surface area contributed by atoms with Gasteiger partial charge in [0, 0.05) is 0 Å². The molecule has 1 fully saturated rings. The third kappa shape index (κ3) is 3.78. The van der Waals surface area contributed by atoms with Crippen LogP contribution in [0.3, 0.4) is 0 Å². The summed E-state index contributed by atoms with van der Waals surface area (Å²) in [4.78, 5) is 12.3. The average Bonchev–Trinajstić information content (AvgIpc) is 2.62. The molecule has 10 nitrogen and oxygen atoms in total. The molecule has 25 heavy (non-hydrogen) atoms. The molecule has 1 saturated heterocycles. The number of carbonyl (C=O) groups is 1. The molecule has 1 aliphatic heterocycles. The zero-order valence-electron chi connectivity index (χ0n) is 13.5. The van der Waals surface area contributed by atoms with E-state index in [1.165, 1.54) is 26.4 Å². The molecule has 1 aromatic rings. The van der Waals surface area contributed by atoms with Crippen LogP contribution in [0.1, 0.15) is 10.4 Å². The van der Waals surface area contributed by atoms with E-state index in [4.69, 9.17) is 24.1 Å². The van der Waals surface area contributed by atoms with Crippen LogP contribution in [0.4, 0.5) is 0 Å². The molecule has 5 atom stereocenters. The number of esters is 1. The van der Waals surface area contributed by atoms with E-state index in [-0.39, 0.29) is 22.8 Å². The van der Waals surface area contributed by atoms with Crippen molar-refractivity contribution < 1.29 is 49.3 Å². The van der Waals surface area contributed by atoms with Gasteiger partial charge in [-0.15, -0.1) is 0 Å². The smallest absolute Gasteiger partial charge is 0.340 e. The monoisotopic (exact) mass is 360 g/mol. The lowest BCUT2D eigenvalue weighted by Crippen LogP contribution is -2.59. The number of ether oxygens (including phenoxy) is 4. The quantitative estimate of drug-likeness (QED) is 0.386. The summed E-state index contributed by atoms with van der Waals surface area (Å²) in [6.07, 6.45) is -7.78. The maximum atomic E-state index is 12.3. The molecule has 0 amide bonds. The lowest BCUT2D eigenvalue weighted by Gasteiger charge is -2.39. The first-order valence-electron chi connectivity index (χ1n) is 7.30. The summed E-state index contributed by atoms with van der Waals surface area (Å²) in [5.74, 6) is -1.37. The highest BCUT2D eigenvalue weighted by Gasteiger charge is 2.45. The topological polar surface area (TPSA) is 155 Å². The lowest BCUT2D eigenvalue weighted by atomic mass is 9.99. The van der Waals surface area contributed by atoms with Crippen molar-refractivity contribution in [2.24, 2.45) is 0 Å². The Hall–Kier alpha value is -2.11. The lowest BCUT2D eigenvalue weighted by molar-refractivity contribution is -0.285. The van der Waals surface area contributed by atoms with E-state index in [0.29, 0.717) is 0 Å². The highest BCUT2D eigenvalue weighted by molar-refractivity contribution is 5.91. The molecule has 1 aliphatic rings. The summed E-state index contributed by atoms with van der Waals surface area (Å²) >= 11 is 0. The molecule has 0 aliphatic carbocycles. The van der Waals surface area contributed by atoms with Crippen molar-refractivity contribution in [1.29, 1.82) is 0 Å². The molecule has 0 aromatic heterocycles. The van der Waals surface area contributed by atoms with Gasteiger partial charge in [0.15, 0.2) is 11.5 Å². The minimum absolute atomic E-state index is 0.0416. The second kappa shape index (κ2) is 7.85. The molecule has 2 rings (SSSR count). The van der Waals surface area contributed by atoms with Gasteiger partial charge in [0.25, 0.3) is 0 Å². The first-order chi connectivity index (χ1) is 11.8. The van der Waals surface area contributed by atoms with E-state index in [2.05, 4.69) is 0 Å². The van der Waals surface area contributed by atoms with Gasteiger partial charge >= 0.3 is 5.97 Å². The number of aliphatic hydroxyl groups excluding tert-OH is 4. The summed E-state index contributed by atoms with van der Waals surface area (Å²) in [6, 6.07) is 2.37. The van der Waals surface area contributed by atoms with Crippen LogP contribution in [0.2, 0.25) is 0 Å². The average molecular weight is 360 g/mol. The number of rotatable bonds is 5. The van der Waals surface area contributed by atoms with E-state index in [1.807, 2.05) is 0 Å². The fraction of sp³-hybridized carbons (Fsp3) is 0.533. The summed E-state index contributed by atoms with van der Waals surface area (Å²) in [5, 5.41) is 48.2. The number of aromatic hydroxyl groups is 1. The third-order valence-electron chi connectivity index (χ3n) is 3.79. The van der Waals surface area contributed by atoms with Crippen molar-refractivity contribution in [3.8, 4) is 17.2 Å². The zero-order valence-corrected chi connectivity index (χ0v) is 13.5. The third-order valence-corrected chi connectivity index (χ3v) is 3.79. The van der Waals surface area contributed by atoms with E-state index in [1.54, 1.807) is 0 Å². The molecule has 0 saturated carbocycles. The Labute approximate surface area is 142 Å². The van der Waals surface area contributed by atoms with Crippen LogP contribution in [-0.2, 0) is 9.47 Å². The molecule has 1 heterocycles. The number of phenolic OH excluding ortho intramolecular Hbond substituents is 1. The van der Waals surface area contributed by atoms with Gasteiger partial charge in [-0.1, -0.05) is 0 Å². The highest BCUT2D eigenvalue weighted by atomic mass is 16.7. The molecule has 5 unspecified atom stereocenters. The first kappa shape index (κ1) is 19.2. The largest absolute Gasteiger partial charge is 0.502 e. The molecule has 0 bridgehead atoms. The van der Waals surface area contributed by atoms with Crippen LogP contribution in [0.15, 0.2) is 12.1 Å². The van der Waals surface area contributed by atoms with Gasteiger partial charge in [-0.3, -0.25) is 0 Å². The van der Waals surface area contributed by atoms with Crippen molar-refractivity contribution in [3.05, 3.63) is 17.7 Å². The first-order valence-corrected chi connectivity index (χ1v) is 7.30. The van der Waals surface area contributed by atoms with Gasteiger partial charge in [-0.05, 0) is 12.1 Å². The number of hydrogen-bond acceptors (Lipinski definition) is 10. The summed E-state index contributed by atoms with van der Waals surface area (Å²) < 4.78 is 19.9. The minimum Gasteiger partial charge on any atom is -0.502 e. The second-order valence-corrected chi connectivity index (χ2v) is 5.33. The molecule has 0 spiro atoms. The standard InChI is InChI=1S/C15H20O10/c1-22-7-3-6(4-8(23-2)10(7)17)14(21)25-15-13(20)12(19)11(18)9(5-16)24-15/h3-4,9,11-13,15-20H,5H2,1-2H3. The normalized spacial score (nSPS) is 29.1. The van der Waals surface area contributed by atoms with Gasteiger partial charge in [0.2, 0.25) is 12.0 Å². The van der Waals surface area contributed by atoms with Crippen LogP contribution in [0.5, 0.6) is 17.2 Å². The fourth-order valence-electron chi connectivity index (χ4n) is 2.35. The number of methoxy groups -OCH3 is 2. The van der Waals surface area contributed by atoms with Gasteiger partial charge < -0.3 is 44.5 Å². The van der Waals surface area contributed by atoms with Crippen molar-refractivity contribution >= 4 is 5.97 Å². The Morgan fingerprint density at radius 1 is 1.08 bits per heavy atom. The fourth-order valence-corrected chi connectivity index (χ4v) is 2.35. The Balaban J connectivity index is 2.21. The Bertz CT molecular complexity index is 591. The van der Waals surface area contributed by atoms with Gasteiger partial charge in [0.05, 0.1) is 26.4 Å². The van der Waals surface area contributed by atoms with Crippen LogP contribution in [0, 0.1) is 0 Å². The molecule has 5 N–H and O–H groups in total. The Morgan fingerprint density at radius 3 is 2.12 bits per heavy atom. The molecular formula is C15H20O10. The summed E-state index contributed by atoms with van der Waals surface area (Å²) in [6.45, 7) is -0.653. The van der Waals surface area contributed by atoms with Crippen LogP contribution < -0.4 is 9.47 Å². The minimum atomic E-state index is -1.72.